The Hall–Kier alpha value is -4.30. The Kier molecular flexibility index (Phi) is 10.8. The molecule has 0 saturated heterocycles. The molecular formula is C33H36FN3O4. The molecule has 0 bridgehead atoms. The summed E-state index contributed by atoms with van der Waals surface area (Å²) in [4.78, 5) is 39.2. The lowest BCUT2D eigenvalue weighted by molar-refractivity contribution is -0.141. The maximum absolute atomic E-state index is 13.9. The molecule has 0 spiro atoms. The first-order chi connectivity index (χ1) is 19.9. The van der Waals surface area contributed by atoms with E-state index >= 15 is 0 Å². The highest BCUT2D eigenvalue weighted by atomic mass is 19.1. The molecule has 7 nitrogen and oxygen atoms in total. The molecule has 0 aliphatic heterocycles. The molecule has 3 atom stereocenters. The highest BCUT2D eigenvalue weighted by molar-refractivity contribution is 5.92. The number of rotatable bonds is 12. The number of alkyl halides is 1. The highest BCUT2D eigenvalue weighted by Crippen LogP contribution is 2.21. The third-order valence-corrected chi connectivity index (χ3v) is 7.07. The summed E-state index contributed by atoms with van der Waals surface area (Å²) in [6, 6.07) is 22.4. The lowest BCUT2D eigenvalue weighted by Gasteiger charge is -2.23. The summed E-state index contributed by atoms with van der Waals surface area (Å²) >= 11 is 0. The Morgan fingerprint density at radius 2 is 1.71 bits per heavy atom. The van der Waals surface area contributed by atoms with E-state index in [-0.39, 0.29) is 31.2 Å². The summed E-state index contributed by atoms with van der Waals surface area (Å²) in [5, 5.41) is 10.4. The van der Waals surface area contributed by atoms with Crippen LogP contribution in [-0.4, -0.2) is 43.3 Å². The third kappa shape index (κ3) is 8.85. The number of carbonyl (C=O) groups is 3. The zero-order valence-corrected chi connectivity index (χ0v) is 23.1. The van der Waals surface area contributed by atoms with Crippen LogP contribution in [0.15, 0.2) is 96.6 Å². The predicted octanol–water partition coefficient (Wildman–Crippen LogP) is 4.67. The van der Waals surface area contributed by atoms with Crippen LogP contribution in [-0.2, 0) is 32.1 Å². The molecule has 1 aliphatic carbocycles. The van der Waals surface area contributed by atoms with E-state index in [4.69, 9.17) is 4.74 Å². The second-order valence-electron chi connectivity index (χ2n) is 10.1. The number of allylic oxidation sites excluding steroid dienone is 3. The van der Waals surface area contributed by atoms with Crippen molar-refractivity contribution in [3.8, 4) is 0 Å². The number of fused-ring (bicyclic) bond motifs is 1. The van der Waals surface area contributed by atoms with Crippen LogP contribution < -0.4 is 16.0 Å². The first kappa shape index (κ1) is 29.7. The van der Waals surface area contributed by atoms with Crippen LogP contribution in [0.1, 0.15) is 36.8 Å². The fraction of sp³-hybridized carbons (Fsp3) is 0.303. The maximum Gasteiger partial charge on any atom is 0.270 e. The Balaban J connectivity index is 1.42. The van der Waals surface area contributed by atoms with Crippen LogP contribution in [0.2, 0.25) is 0 Å². The molecule has 8 heteroatoms. The molecule has 41 heavy (non-hydrogen) atoms. The molecule has 3 aromatic rings. The van der Waals surface area contributed by atoms with Crippen LogP contribution in [0.25, 0.3) is 10.8 Å². The highest BCUT2D eigenvalue weighted by Gasteiger charge is 2.28. The number of benzene rings is 3. The van der Waals surface area contributed by atoms with Gasteiger partial charge in [-0.3, -0.25) is 14.4 Å². The van der Waals surface area contributed by atoms with Crippen molar-refractivity contribution in [1.82, 2.24) is 16.0 Å². The van der Waals surface area contributed by atoms with E-state index in [0.717, 1.165) is 27.5 Å². The van der Waals surface area contributed by atoms with E-state index < -0.39 is 24.3 Å². The van der Waals surface area contributed by atoms with Crippen molar-refractivity contribution in [2.24, 2.45) is 0 Å². The van der Waals surface area contributed by atoms with Gasteiger partial charge in [0.05, 0.1) is 0 Å². The molecule has 0 radical (unpaired) electrons. The molecule has 1 aliphatic rings. The van der Waals surface area contributed by atoms with Gasteiger partial charge in [0.1, 0.15) is 12.2 Å². The van der Waals surface area contributed by atoms with Crippen LogP contribution in [0, 0.1) is 0 Å². The third-order valence-electron chi connectivity index (χ3n) is 7.07. The van der Waals surface area contributed by atoms with Crippen molar-refractivity contribution in [3.63, 3.8) is 0 Å². The number of halogens is 1. The molecule has 4 rings (SSSR count). The van der Waals surface area contributed by atoms with E-state index in [1.165, 1.54) is 13.2 Å². The van der Waals surface area contributed by atoms with E-state index in [1.807, 2.05) is 72.8 Å². The van der Waals surface area contributed by atoms with Gasteiger partial charge < -0.3 is 20.7 Å². The number of aryl methyl sites for hydroxylation is 1. The molecule has 3 N–H and O–H groups in total. The molecular weight excluding hydrogens is 521 g/mol. The molecule has 0 saturated carbocycles. The molecule has 2 unspecified atom stereocenters. The van der Waals surface area contributed by atoms with Gasteiger partial charge in [0, 0.05) is 20.1 Å². The van der Waals surface area contributed by atoms with E-state index in [1.54, 1.807) is 12.2 Å². The molecule has 0 heterocycles. The SMILES string of the molecule is CO[C@H](NC(=O)CCc1ccccc1)C(=O)NC(CC1=CC=CC(F)CC1)C(=O)NCc1cccc2ccccc12. The molecule has 3 amide bonds. The van der Waals surface area contributed by atoms with Gasteiger partial charge in [-0.15, -0.1) is 0 Å². The predicted molar refractivity (Wildman–Crippen MR) is 157 cm³/mol. The van der Waals surface area contributed by atoms with Crippen molar-refractivity contribution in [3.05, 3.63) is 108 Å². The first-order valence-electron chi connectivity index (χ1n) is 13.8. The topological polar surface area (TPSA) is 96.5 Å². The van der Waals surface area contributed by atoms with Crippen molar-refractivity contribution in [2.45, 2.75) is 57.1 Å². The van der Waals surface area contributed by atoms with Crippen molar-refractivity contribution in [2.75, 3.05) is 7.11 Å². The summed E-state index contributed by atoms with van der Waals surface area (Å²) in [6.45, 7) is 0.266. The average molecular weight is 558 g/mol. The van der Waals surface area contributed by atoms with Gasteiger partial charge in [0.15, 0.2) is 0 Å². The normalized spacial score (nSPS) is 16.2. The number of amides is 3. The number of methoxy groups -OCH3 is 1. The quantitative estimate of drug-likeness (QED) is 0.282. The van der Waals surface area contributed by atoms with Crippen LogP contribution >= 0.6 is 0 Å². The minimum Gasteiger partial charge on any atom is -0.353 e. The number of ether oxygens (including phenoxy) is 1. The number of nitrogens with one attached hydrogen (secondary N) is 3. The fourth-order valence-corrected chi connectivity index (χ4v) is 4.81. The van der Waals surface area contributed by atoms with E-state index in [0.29, 0.717) is 19.3 Å². The lowest BCUT2D eigenvalue weighted by Crippen LogP contribution is -2.54. The largest absolute Gasteiger partial charge is 0.353 e. The zero-order chi connectivity index (χ0) is 29.0. The summed E-state index contributed by atoms with van der Waals surface area (Å²) in [5.41, 5.74) is 2.79. The van der Waals surface area contributed by atoms with Crippen molar-refractivity contribution >= 4 is 28.5 Å². The Morgan fingerprint density at radius 1 is 0.951 bits per heavy atom. The van der Waals surface area contributed by atoms with Gasteiger partial charge in [-0.2, -0.15) is 0 Å². The Morgan fingerprint density at radius 3 is 2.51 bits per heavy atom. The van der Waals surface area contributed by atoms with E-state index in [9.17, 15) is 18.8 Å². The fourth-order valence-electron chi connectivity index (χ4n) is 4.81. The van der Waals surface area contributed by atoms with Crippen LogP contribution in [0.4, 0.5) is 4.39 Å². The monoisotopic (exact) mass is 557 g/mol. The standard InChI is InChI=1S/C33H36FN3O4/c1-41-33(37-30(38)20-18-23-9-3-2-4-10-23)32(40)36-29(21-24-11-7-15-27(34)19-17-24)31(39)35-22-26-14-8-13-25-12-5-6-16-28(25)26/h2-16,27,29,33H,17-22H2,1H3,(H,35,39)(H,36,40)(H,37,38)/t27?,29?,33-/m0/s1. The first-order valence-corrected chi connectivity index (χ1v) is 13.8. The number of hydrogen-bond acceptors (Lipinski definition) is 4. The van der Waals surface area contributed by atoms with Crippen LogP contribution in [0.5, 0.6) is 0 Å². The molecule has 0 fully saturated rings. The van der Waals surface area contributed by atoms with Crippen LogP contribution in [0.3, 0.4) is 0 Å². The van der Waals surface area contributed by atoms with Gasteiger partial charge in [-0.25, -0.2) is 4.39 Å². The summed E-state index contributed by atoms with van der Waals surface area (Å²) < 4.78 is 19.1. The summed E-state index contributed by atoms with van der Waals surface area (Å²) in [6.07, 6.45) is 4.23. The Labute approximate surface area is 239 Å². The summed E-state index contributed by atoms with van der Waals surface area (Å²) in [5.74, 6) is -1.38. The van der Waals surface area contributed by atoms with E-state index in [2.05, 4.69) is 16.0 Å². The van der Waals surface area contributed by atoms with Gasteiger partial charge >= 0.3 is 0 Å². The molecule has 3 aromatic carbocycles. The van der Waals surface area contributed by atoms with Gasteiger partial charge in [0.25, 0.3) is 5.91 Å². The van der Waals surface area contributed by atoms with Gasteiger partial charge in [0.2, 0.25) is 18.0 Å². The Bertz CT molecular complexity index is 1400. The maximum atomic E-state index is 13.9. The lowest BCUT2D eigenvalue weighted by atomic mass is 10.00. The second-order valence-corrected chi connectivity index (χ2v) is 10.1. The second kappa shape index (κ2) is 14.9. The summed E-state index contributed by atoms with van der Waals surface area (Å²) in [7, 11) is 1.32. The smallest absolute Gasteiger partial charge is 0.270 e. The molecule has 214 valence electrons. The van der Waals surface area contributed by atoms with Gasteiger partial charge in [-0.1, -0.05) is 96.6 Å². The van der Waals surface area contributed by atoms with Crippen molar-refractivity contribution < 1.29 is 23.5 Å². The average Bonchev–Trinajstić information content (AvgIpc) is 3.21. The minimum absolute atomic E-state index is 0.176. The zero-order valence-electron chi connectivity index (χ0n) is 23.1. The molecule has 0 aromatic heterocycles. The van der Waals surface area contributed by atoms with Crippen molar-refractivity contribution in [1.29, 1.82) is 0 Å². The number of hydrogen-bond donors (Lipinski definition) is 3. The van der Waals surface area contributed by atoms with Gasteiger partial charge in [-0.05, 0) is 47.6 Å². The minimum atomic E-state index is -1.27. The number of carbonyl (C=O) groups excluding carboxylic acids is 3.